The van der Waals surface area contributed by atoms with Crippen molar-refractivity contribution in [3.05, 3.63) is 255 Å². The third-order valence-electron chi connectivity index (χ3n) is 13.4. The Morgan fingerprint density at radius 2 is 0.386 bits per heavy atom. The molecule has 9 aromatic carbocycles. The van der Waals surface area contributed by atoms with Crippen LogP contribution in [0.25, 0.3) is 133 Å². The van der Waals surface area contributed by atoms with Crippen LogP contribution >= 0.6 is 0 Å². The Balaban J connectivity index is 1.05. The second kappa shape index (κ2) is 17.4. The number of fused-ring (bicyclic) bond motifs is 6. The summed E-state index contributed by atoms with van der Waals surface area (Å²) in [5.41, 5.74) is 19.9. The largest absolute Gasteiger partial charge is 0.245 e. The number of hydrogen-bond acceptors (Lipinski definition) is 4. The minimum Gasteiger partial charge on any atom is -0.245 e. The molecular formula is C66H42N4. The number of hydrogen-bond donors (Lipinski definition) is 0. The van der Waals surface area contributed by atoms with Crippen LogP contribution in [0.2, 0.25) is 0 Å². The number of benzene rings is 9. The van der Waals surface area contributed by atoms with Crippen molar-refractivity contribution in [2.75, 3.05) is 0 Å². The van der Waals surface area contributed by atoms with Gasteiger partial charge in [0.15, 0.2) is 0 Å². The standard InChI is InChI=1S/C66H42N4/c1-7-20-43(21-8-1)55-39-59(47-28-15-5-16-29-47)67-63-51(55)34-36-53-57(45-24-11-3-12-25-45)41-61(69-65(53)63)49-32-19-33-50(38-49)62-42-58(46-26-13-4-14-27-46)54-37-35-52-56(44-22-9-2-10-23-44)40-60(48-30-17-6-18-31-48)68-64(52)66(54)70-62/h1-42H. The molecule has 326 valence electrons. The zero-order chi connectivity index (χ0) is 46.4. The van der Waals surface area contributed by atoms with Crippen LogP contribution in [0.5, 0.6) is 0 Å². The molecule has 0 unspecified atom stereocenters. The van der Waals surface area contributed by atoms with E-state index in [0.29, 0.717) is 0 Å². The lowest BCUT2D eigenvalue weighted by atomic mass is 9.93. The van der Waals surface area contributed by atoms with Crippen LogP contribution in [-0.2, 0) is 0 Å². The normalized spacial score (nSPS) is 11.4. The maximum atomic E-state index is 5.60. The molecule has 70 heavy (non-hydrogen) atoms. The van der Waals surface area contributed by atoms with Crippen molar-refractivity contribution in [1.82, 2.24) is 19.9 Å². The third-order valence-corrected chi connectivity index (χ3v) is 13.4. The molecule has 0 atom stereocenters. The average molecular weight is 891 g/mol. The fourth-order valence-electron chi connectivity index (χ4n) is 10.0. The Labute approximate surface area is 405 Å². The van der Waals surface area contributed by atoms with Crippen molar-refractivity contribution in [1.29, 1.82) is 0 Å². The minimum atomic E-state index is 0.852. The predicted octanol–water partition coefficient (Wildman–Crippen LogP) is 17.2. The molecule has 4 aromatic heterocycles. The number of pyridine rings is 4. The first-order chi connectivity index (χ1) is 34.7. The van der Waals surface area contributed by atoms with Crippen molar-refractivity contribution in [2.24, 2.45) is 0 Å². The van der Waals surface area contributed by atoms with E-state index in [0.717, 1.165) is 133 Å². The summed E-state index contributed by atoms with van der Waals surface area (Å²) in [6, 6.07) is 89.8. The SMILES string of the molecule is c1ccc(-c2cc(-c3ccccc3)c3ccc4c(-c5ccccc5)cc(-c5cccc(-c6cc(-c7ccccc7)c7ccc8c(-c9ccccc9)cc(-c9ccccc9)nc8c7n6)c5)nc4c3n2)cc1. The van der Waals surface area contributed by atoms with Gasteiger partial charge in [-0.15, -0.1) is 0 Å². The molecule has 13 rings (SSSR count). The monoisotopic (exact) mass is 890 g/mol. The van der Waals surface area contributed by atoms with E-state index in [1.54, 1.807) is 0 Å². The summed E-state index contributed by atoms with van der Waals surface area (Å²) in [5, 5.41) is 4.19. The molecule has 0 aliphatic heterocycles. The van der Waals surface area contributed by atoms with E-state index in [2.05, 4.69) is 243 Å². The summed E-state index contributed by atoms with van der Waals surface area (Å²) >= 11 is 0. The van der Waals surface area contributed by atoms with Crippen LogP contribution in [0.3, 0.4) is 0 Å². The summed E-state index contributed by atoms with van der Waals surface area (Å²) in [5.74, 6) is 0. The molecule has 13 aromatic rings. The Morgan fingerprint density at radius 3 is 0.643 bits per heavy atom. The highest BCUT2D eigenvalue weighted by Crippen LogP contribution is 2.42. The van der Waals surface area contributed by atoms with Crippen LogP contribution in [0, 0.1) is 0 Å². The molecule has 4 heteroatoms. The molecule has 0 aliphatic rings. The van der Waals surface area contributed by atoms with Gasteiger partial charge >= 0.3 is 0 Å². The molecule has 0 spiro atoms. The number of nitrogens with zero attached hydrogens (tertiary/aromatic N) is 4. The molecule has 0 saturated heterocycles. The van der Waals surface area contributed by atoms with Crippen molar-refractivity contribution in [2.45, 2.75) is 0 Å². The molecule has 0 amide bonds. The zero-order valence-corrected chi connectivity index (χ0v) is 38.0. The first-order valence-electron chi connectivity index (χ1n) is 23.7. The summed E-state index contributed by atoms with van der Waals surface area (Å²) in [7, 11) is 0. The smallest absolute Gasteiger partial charge is 0.0978 e. The lowest BCUT2D eigenvalue weighted by Crippen LogP contribution is -1.96. The van der Waals surface area contributed by atoms with E-state index >= 15 is 0 Å². The van der Waals surface area contributed by atoms with Crippen molar-refractivity contribution in [3.63, 3.8) is 0 Å². The zero-order valence-electron chi connectivity index (χ0n) is 38.0. The lowest BCUT2D eigenvalue weighted by Gasteiger charge is -2.16. The van der Waals surface area contributed by atoms with Gasteiger partial charge in [-0.05, 0) is 74.8 Å². The van der Waals surface area contributed by atoms with E-state index in [-0.39, 0.29) is 0 Å². The van der Waals surface area contributed by atoms with Gasteiger partial charge in [-0.3, -0.25) is 0 Å². The predicted molar refractivity (Wildman–Crippen MR) is 291 cm³/mol. The second-order valence-electron chi connectivity index (χ2n) is 17.7. The Morgan fingerprint density at radius 1 is 0.171 bits per heavy atom. The average Bonchev–Trinajstić information content (AvgIpc) is 3.45. The van der Waals surface area contributed by atoms with Gasteiger partial charge in [-0.25, -0.2) is 19.9 Å². The van der Waals surface area contributed by atoms with E-state index in [1.165, 1.54) is 0 Å². The van der Waals surface area contributed by atoms with Gasteiger partial charge in [0.25, 0.3) is 0 Å². The maximum Gasteiger partial charge on any atom is 0.0978 e. The first kappa shape index (κ1) is 40.9. The fraction of sp³-hybridized carbons (Fsp3) is 0. The molecule has 0 fully saturated rings. The summed E-state index contributed by atoms with van der Waals surface area (Å²) in [6.45, 7) is 0. The highest BCUT2D eigenvalue weighted by Gasteiger charge is 2.20. The fourth-order valence-corrected chi connectivity index (χ4v) is 10.0. The Kier molecular flexibility index (Phi) is 10.1. The molecule has 0 saturated carbocycles. The first-order valence-corrected chi connectivity index (χ1v) is 23.7. The van der Waals surface area contributed by atoms with Gasteiger partial charge in [0.05, 0.1) is 44.8 Å². The van der Waals surface area contributed by atoms with E-state index in [4.69, 9.17) is 19.9 Å². The Hall–Kier alpha value is -9.38. The molecule has 4 nitrogen and oxygen atoms in total. The second-order valence-corrected chi connectivity index (χ2v) is 17.7. The van der Waals surface area contributed by atoms with E-state index < -0.39 is 0 Å². The van der Waals surface area contributed by atoms with Gasteiger partial charge in [-0.1, -0.05) is 224 Å². The maximum absolute atomic E-state index is 5.60. The van der Waals surface area contributed by atoms with Gasteiger partial charge in [0.1, 0.15) is 0 Å². The van der Waals surface area contributed by atoms with Crippen LogP contribution in [0.15, 0.2) is 255 Å². The molecule has 0 radical (unpaired) electrons. The van der Waals surface area contributed by atoms with Crippen LogP contribution in [0.1, 0.15) is 0 Å². The number of aromatic nitrogens is 4. The van der Waals surface area contributed by atoms with Crippen LogP contribution in [0.4, 0.5) is 0 Å². The van der Waals surface area contributed by atoms with Crippen LogP contribution in [-0.4, -0.2) is 19.9 Å². The highest BCUT2D eigenvalue weighted by molar-refractivity contribution is 6.15. The molecule has 0 aliphatic carbocycles. The van der Waals surface area contributed by atoms with Crippen molar-refractivity contribution < 1.29 is 0 Å². The van der Waals surface area contributed by atoms with Gasteiger partial charge in [-0.2, -0.15) is 0 Å². The Bertz CT molecular complexity index is 3800. The molecule has 0 bridgehead atoms. The third kappa shape index (κ3) is 7.36. The minimum absolute atomic E-state index is 0.852. The highest BCUT2D eigenvalue weighted by atomic mass is 14.8. The van der Waals surface area contributed by atoms with Crippen molar-refractivity contribution in [3.8, 4) is 89.5 Å². The summed E-state index contributed by atoms with van der Waals surface area (Å²) in [4.78, 5) is 22.1. The van der Waals surface area contributed by atoms with Gasteiger partial charge < -0.3 is 0 Å². The van der Waals surface area contributed by atoms with Gasteiger partial charge in [0, 0.05) is 43.8 Å². The van der Waals surface area contributed by atoms with E-state index in [9.17, 15) is 0 Å². The lowest BCUT2D eigenvalue weighted by molar-refractivity contribution is 1.35. The summed E-state index contributed by atoms with van der Waals surface area (Å²) < 4.78 is 0. The summed E-state index contributed by atoms with van der Waals surface area (Å²) in [6.07, 6.45) is 0. The van der Waals surface area contributed by atoms with Crippen LogP contribution < -0.4 is 0 Å². The topological polar surface area (TPSA) is 51.6 Å². The molecule has 4 heterocycles. The van der Waals surface area contributed by atoms with E-state index in [1.807, 2.05) is 12.1 Å². The van der Waals surface area contributed by atoms with Crippen molar-refractivity contribution >= 4 is 43.6 Å². The quantitative estimate of drug-likeness (QED) is 0.143. The molecule has 0 N–H and O–H groups in total. The molecular weight excluding hydrogens is 849 g/mol. The number of rotatable bonds is 8. The van der Waals surface area contributed by atoms with Gasteiger partial charge in [0.2, 0.25) is 0 Å².